The van der Waals surface area contributed by atoms with E-state index in [1.54, 1.807) is 17.0 Å². The van der Waals surface area contributed by atoms with Gasteiger partial charge in [0.1, 0.15) is 5.82 Å². The predicted molar refractivity (Wildman–Crippen MR) is 170 cm³/mol. The van der Waals surface area contributed by atoms with E-state index in [1.807, 2.05) is 35.2 Å². The fraction of sp³-hybridized carbons (Fsp3) is 0.545. The number of carbonyl (C=O) groups excluding carboxylic acids is 3. The van der Waals surface area contributed by atoms with Gasteiger partial charge < -0.3 is 33.6 Å². The second-order valence-corrected chi connectivity index (χ2v) is 12.0. The number of amides is 2. The molecule has 2 aromatic rings. The van der Waals surface area contributed by atoms with E-state index in [2.05, 4.69) is 14.2 Å². The Morgan fingerprint density at radius 3 is 1.93 bits per heavy atom. The number of methoxy groups -OCH3 is 1. The van der Waals surface area contributed by atoms with Crippen LogP contribution in [0, 0.1) is 5.82 Å². The van der Waals surface area contributed by atoms with Crippen molar-refractivity contribution < 1.29 is 77.2 Å². The largest absolute Gasteiger partial charge is 0.466 e. The first-order chi connectivity index (χ1) is 25.2. The summed E-state index contributed by atoms with van der Waals surface area (Å²) >= 11 is 0. The van der Waals surface area contributed by atoms with E-state index in [-0.39, 0.29) is 39.3 Å². The molecule has 302 valence electrons. The number of morpholine rings is 1. The molecule has 1 unspecified atom stereocenters. The molecular formula is C33H38F10N4O7. The number of alkyl halides is 9. The Kier molecular flexibility index (Phi) is 15.6. The highest BCUT2D eigenvalue weighted by molar-refractivity contribution is 5.79. The van der Waals surface area contributed by atoms with E-state index in [0.29, 0.717) is 38.3 Å². The first-order valence-corrected chi connectivity index (χ1v) is 16.2. The van der Waals surface area contributed by atoms with Crippen LogP contribution < -0.4 is 4.90 Å². The lowest BCUT2D eigenvalue weighted by molar-refractivity contribution is -0.308. The number of benzene rings is 2. The first kappa shape index (κ1) is 43.9. The van der Waals surface area contributed by atoms with Crippen molar-refractivity contribution in [2.45, 2.75) is 43.7 Å². The van der Waals surface area contributed by atoms with E-state index in [0.717, 1.165) is 28.2 Å². The van der Waals surface area contributed by atoms with Gasteiger partial charge in [-0.25, -0.2) is 18.8 Å². The third kappa shape index (κ3) is 13.4. The number of piperazine rings is 1. The molecule has 0 N–H and O–H groups in total. The molecule has 0 radical (unpaired) electrons. The Hall–Kier alpha value is -4.53. The highest BCUT2D eigenvalue weighted by Crippen LogP contribution is 2.36. The summed E-state index contributed by atoms with van der Waals surface area (Å²) in [7, 11) is 2.07. The van der Waals surface area contributed by atoms with Gasteiger partial charge in [-0.1, -0.05) is 36.4 Å². The molecule has 1 atom stereocenters. The number of hydrogen-bond donors (Lipinski definition) is 0. The number of likely N-dealkylation sites (N-methyl/N-ethyl adjacent to an activating group) is 1. The topological polar surface area (TPSA) is 101 Å². The number of rotatable bonds is 9. The molecule has 0 bridgehead atoms. The van der Waals surface area contributed by atoms with Crippen molar-refractivity contribution in [3.05, 3.63) is 65.5 Å². The minimum absolute atomic E-state index is 0.141. The van der Waals surface area contributed by atoms with Crippen LogP contribution in [0.1, 0.15) is 11.1 Å². The molecule has 4 rings (SSSR count). The number of ether oxygens (including phenoxy) is 4. The van der Waals surface area contributed by atoms with Crippen LogP contribution in [0.3, 0.4) is 0 Å². The van der Waals surface area contributed by atoms with Gasteiger partial charge in [0.2, 0.25) is 0 Å². The Bertz CT molecular complexity index is 1500. The Balaban J connectivity index is 0.000000313. The molecule has 2 aliphatic rings. The van der Waals surface area contributed by atoms with E-state index in [4.69, 9.17) is 4.74 Å². The molecule has 0 saturated carbocycles. The van der Waals surface area contributed by atoms with Crippen molar-refractivity contribution >= 4 is 23.8 Å². The van der Waals surface area contributed by atoms with E-state index >= 15 is 0 Å². The van der Waals surface area contributed by atoms with Crippen molar-refractivity contribution in [2.24, 2.45) is 0 Å². The van der Waals surface area contributed by atoms with Gasteiger partial charge >= 0.3 is 36.7 Å². The van der Waals surface area contributed by atoms with Gasteiger partial charge in [-0.3, -0.25) is 4.90 Å². The normalized spacial score (nSPS) is 16.2. The average Bonchev–Trinajstić information content (AvgIpc) is 3.12. The van der Waals surface area contributed by atoms with Gasteiger partial charge in [-0.15, -0.1) is 0 Å². The maximum absolute atomic E-state index is 14.5. The third-order valence-corrected chi connectivity index (χ3v) is 8.07. The molecule has 2 aliphatic heterocycles. The van der Waals surface area contributed by atoms with Crippen molar-refractivity contribution in [1.29, 1.82) is 0 Å². The maximum atomic E-state index is 14.5. The SMILES string of the molecule is COC(=O)C(OC(=O)N(C)CCc1ccccc1)C(F)(F)F.O=C(OC(C(F)(F)F)C(F)(F)F)N1CCN(Cc2ccc(N3CCOCC3)cc2F)CC1. The van der Waals surface area contributed by atoms with Crippen LogP contribution in [-0.4, -0.2) is 137 Å². The molecule has 2 amide bonds. The number of hydrogen-bond acceptors (Lipinski definition) is 9. The highest BCUT2D eigenvalue weighted by Gasteiger charge is 2.60. The predicted octanol–water partition coefficient (Wildman–Crippen LogP) is 5.81. The zero-order chi connectivity index (χ0) is 40.3. The van der Waals surface area contributed by atoms with Gasteiger partial charge in [0.25, 0.3) is 12.2 Å². The van der Waals surface area contributed by atoms with Crippen molar-refractivity contribution in [3.63, 3.8) is 0 Å². The second-order valence-electron chi connectivity index (χ2n) is 12.0. The first-order valence-electron chi connectivity index (χ1n) is 16.2. The fourth-order valence-electron chi connectivity index (χ4n) is 5.09. The molecule has 2 heterocycles. The molecule has 0 aromatic heterocycles. The smallest absolute Gasteiger partial charge is 0.436 e. The minimum atomic E-state index is -5.76. The summed E-state index contributed by atoms with van der Waals surface area (Å²) < 4.78 is 145. The molecule has 0 spiro atoms. The van der Waals surface area contributed by atoms with E-state index in [9.17, 15) is 58.3 Å². The van der Waals surface area contributed by atoms with Crippen LogP contribution in [0.4, 0.5) is 59.2 Å². The van der Waals surface area contributed by atoms with Crippen LogP contribution in [0.2, 0.25) is 0 Å². The number of nitrogens with zero attached hydrogens (tertiary/aromatic N) is 4. The van der Waals surface area contributed by atoms with Crippen LogP contribution in [-0.2, 0) is 36.7 Å². The molecular weight excluding hydrogens is 754 g/mol. The lowest BCUT2D eigenvalue weighted by atomic mass is 10.1. The summed E-state index contributed by atoms with van der Waals surface area (Å²) in [6.45, 7) is 2.75. The van der Waals surface area contributed by atoms with Crippen molar-refractivity contribution in [3.8, 4) is 0 Å². The molecule has 2 aromatic carbocycles. The summed E-state index contributed by atoms with van der Waals surface area (Å²) in [4.78, 5) is 40.0. The maximum Gasteiger partial charge on any atom is 0.436 e. The molecule has 21 heteroatoms. The zero-order valence-corrected chi connectivity index (χ0v) is 29.0. The van der Waals surface area contributed by atoms with Gasteiger partial charge in [0.15, 0.2) is 0 Å². The van der Waals surface area contributed by atoms with Crippen LogP contribution in [0.5, 0.6) is 0 Å². The lowest BCUT2D eigenvalue weighted by Gasteiger charge is -2.35. The minimum Gasteiger partial charge on any atom is -0.466 e. The summed E-state index contributed by atoms with van der Waals surface area (Å²) in [5.41, 5.74) is 2.04. The molecule has 0 aliphatic carbocycles. The van der Waals surface area contributed by atoms with Crippen LogP contribution >= 0.6 is 0 Å². The molecule has 54 heavy (non-hydrogen) atoms. The monoisotopic (exact) mass is 792 g/mol. The quantitative estimate of drug-likeness (QED) is 0.177. The Morgan fingerprint density at radius 1 is 0.815 bits per heavy atom. The van der Waals surface area contributed by atoms with Gasteiger partial charge in [0.05, 0.1) is 20.3 Å². The third-order valence-electron chi connectivity index (χ3n) is 8.07. The summed E-state index contributed by atoms with van der Waals surface area (Å²) in [5, 5.41) is 0. The molecule has 2 fully saturated rings. The van der Waals surface area contributed by atoms with Gasteiger partial charge in [-0.2, -0.15) is 39.5 Å². The number of halogens is 10. The Labute approximate surface area is 303 Å². The molecule has 11 nitrogen and oxygen atoms in total. The Morgan fingerprint density at radius 2 is 1.41 bits per heavy atom. The van der Waals surface area contributed by atoms with E-state index < -0.39 is 54.7 Å². The van der Waals surface area contributed by atoms with Crippen molar-refractivity contribution in [1.82, 2.24) is 14.7 Å². The number of esters is 1. The standard InChI is InChI=1S/C19H22F7N3O3.C14H16F3NO4/c20-15-11-14(28-7-9-31-10-8-28)2-1-13(15)12-27-3-5-29(6-4-27)17(30)32-16(18(21,22)23)19(24,25)26;1-18(9-8-10-6-4-3-5-7-10)13(20)22-11(12(19)21-2)14(15,16)17/h1-2,11,16H,3-10,12H2;3-7,11H,8-9H2,1-2H3. The lowest BCUT2D eigenvalue weighted by Crippen LogP contribution is -2.52. The summed E-state index contributed by atoms with van der Waals surface area (Å²) in [6, 6.07) is 13.9. The van der Waals surface area contributed by atoms with Gasteiger partial charge in [-0.05, 0) is 24.1 Å². The average molecular weight is 793 g/mol. The number of anilines is 1. The van der Waals surface area contributed by atoms with Crippen LogP contribution in [0.25, 0.3) is 0 Å². The summed E-state index contributed by atoms with van der Waals surface area (Å²) in [5.74, 6) is -2.09. The van der Waals surface area contributed by atoms with Crippen molar-refractivity contribution in [2.75, 3.05) is 78.1 Å². The highest BCUT2D eigenvalue weighted by atomic mass is 19.4. The fourth-order valence-corrected chi connectivity index (χ4v) is 5.09. The van der Waals surface area contributed by atoms with Gasteiger partial charge in [0, 0.05) is 70.7 Å². The number of carbonyl (C=O) groups is 3. The summed E-state index contributed by atoms with van der Waals surface area (Å²) in [6.07, 6.45) is -26.1. The zero-order valence-electron chi connectivity index (χ0n) is 29.0. The second kappa shape index (κ2) is 19.2. The van der Waals surface area contributed by atoms with Crippen LogP contribution in [0.15, 0.2) is 48.5 Å². The van der Waals surface area contributed by atoms with E-state index in [1.165, 1.54) is 13.1 Å². The molecule has 2 saturated heterocycles.